The van der Waals surface area contributed by atoms with Crippen molar-refractivity contribution >= 4 is 0 Å². The van der Waals surface area contributed by atoms with Gasteiger partial charge >= 0.3 is 0 Å². The van der Waals surface area contributed by atoms with Crippen molar-refractivity contribution in [2.45, 2.75) is 46.6 Å². The number of hydrogen-bond acceptors (Lipinski definition) is 3. The minimum Gasteiger partial charge on any atom is -0.303 e. The molecule has 0 spiro atoms. The molecule has 0 aliphatic carbocycles. The summed E-state index contributed by atoms with van der Waals surface area (Å²) in [5, 5.41) is 12.2. The third-order valence-electron chi connectivity index (χ3n) is 3.84. The average Bonchev–Trinajstić information content (AvgIpc) is 2.72. The summed E-state index contributed by atoms with van der Waals surface area (Å²) in [5.74, 6) is 0.808. The summed E-state index contributed by atoms with van der Waals surface area (Å²) in [6.45, 7) is 13.4. The van der Waals surface area contributed by atoms with Crippen LogP contribution in [0.4, 0.5) is 0 Å². The molecule has 1 aliphatic rings. The Morgan fingerprint density at radius 1 is 1.47 bits per heavy atom. The zero-order chi connectivity index (χ0) is 12.9. The van der Waals surface area contributed by atoms with Crippen LogP contribution in [0, 0.1) is 22.7 Å². The number of nitrogens with zero attached hydrogens (tertiary/aromatic N) is 2. The molecule has 0 aromatic carbocycles. The fraction of sp³-hybridized carbons (Fsp3) is 0.929. The average molecular weight is 237 g/mol. The summed E-state index contributed by atoms with van der Waals surface area (Å²) in [7, 11) is 0. The van der Waals surface area contributed by atoms with E-state index in [0.717, 1.165) is 25.4 Å². The number of rotatable bonds is 5. The van der Waals surface area contributed by atoms with E-state index in [1.807, 2.05) is 0 Å². The van der Waals surface area contributed by atoms with E-state index in [9.17, 15) is 0 Å². The Balaban J connectivity index is 2.29. The second-order valence-corrected chi connectivity index (χ2v) is 6.18. The van der Waals surface area contributed by atoms with Crippen LogP contribution in [0.25, 0.3) is 0 Å². The smallest absolute Gasteiger partial charge is 0.0965 e. The van der Waals surface area contributed by atoms with Gasteiger partial charge in [0.25, 0.3) is 0 Å². The maximum absolute atomic E-state index is 8.98. The van der Waals surface area contributed by atoms with E-state index in [-0.39, 0.29) is 6.04 Å². The van der Waals surface area contributed by atoms with Gasteiger partial charge in [0, 0.05) is 13.1 Å². The molecule has 1 aliphatic heterocycles. The highest BCUT2D eigenvalue weighted by Crippen LogP contribution is 2.33. The molecule has 3 nitrogen and oxygen atoms in total. The molecule has 1 fully saturated rings. The molecule has 1 heterocycles. The number of likely N-dealkylation sites (tertiary alicyclic amines) is 1. The maximum atomic E-state index is 8.98. The van der Waals surface area contributed by atoms with Crippen LogP contribution < -0.4 is 5.32 Å². The van der Waals surface area contributed by atoms with E-state index in [0.29, 0.717) is 5.41 Å². The molecule has 3 heteroatoms. The lowest BCUT2D eigenvalue weighted by Crippen LogP contribution is -2.33. The van der Waals surface area contributed by atoms with Crippen molar-refractivity contribution in [3.63, 3.8) is 0 Å². The monoisotopic (exact) mass is 237 g/mol. The fourth-order valence-corrected chi connectivity index (χ4v) is 2.51. The molecule has 1 saturated heterocycles. The quantitative estimate of drug-likeness (QED) is 0.797. The first-order valence-electron chi connectivity index (χ1n) is 6.82. The minimum absolute atomic E-state index is 0.0219. The number of hydrogen-bond donors (Lipinski definition) is 1. The third-order valence-corrected chi connectivity index (χ3v) is 3.84. The standard InChI is InChI=1S/C14H27N3/c1-5-16-13(10-15)7-9-17-8-6-12(11-17)14(2,3)4/h12-13,16H,5-9,11H2,1-4H3. The lowest BCUT2D eigenvalue weighted by molar-refractivity contribution is 0.226. The first kappa shape index (κ1) is 14.5. The Kier molecular flexibility index (Phi) is 5.42. The number of nitriles is 1. The van der Waals surface area contributed by atoms with E-state index in [1.165, 1.54) is 19.5 Å². The number of nitrogens with one attached hydrogen (secondary N) is 1. The lowest BCUT2D eigenvalue weighted by atomic mass is 9.80. The fourth-order valence-electron chi connectivity index (χ4n) is 2.51. The van der Waals surface area contributed by atoms with E-state index in [1.54, 1.807) is 0 Å². The molecule has 0 amide bonds. The van der Waals surface area contributed by atoms with Gasteiger partial charge in [0.2, 0.25) is 0 Å². The largest absolute Gasteiger partial charge is 0.303 e. The van der Waals surface area contributed by atoms with Crippen LogP contribution >= 0.6 is 0 Å². The van der Waals surface area contributed by atoms with Crippen molar-refractivity contribution in [3.05, 3.63) is 0 Å². The van der Waals surface area contributed by atoms with Crippen molar-refractivity contribution in [2.24, 2.45) is 11.3 Å². The predicted octanol–water partition coefficient (Wildman–Crippen LogP) is 2.25. The Hall–Kier alpha value is -0.590. The van der Waals surface area contributed by atoms with Crippen molar-refractivity contribution in [2.75, 3.05) is 26.2 Å². The molecule has 1 rings (SSSR count). The molecule has 0 aromatic rings. The van der Waals surface area contributed by atoms with E-state index in [2.05, 4.69) is 44.0 Å². The molecule has 0 saturated carbocycles. The molecule has 0 bridgehead atoms. The van der Waals surface area contributed by atoms with Crippen LogP contribution in [0.2, 0.25) is 0 Å². The van der Waals surface area contributed by atoms with Gasteiger partial charge in [-0.3, -0.25) is 0 Å². The maximum Gasteiger partial charge on any atom is 0.0965 e. The molecule has 2 atom stereocenters. The van der Waals surface area contributed by atoms with Gasteiger partial charge in [-0.15, -0.1) is 0 Å². The van der Waals surface area contributed by atoms with Crippen LogP contribution in [0.15, 0.2) is 0 Å². The third kappa shape index (κ3) is 4.65. The summed E-state index contributed by atoms with van der Waals surface area (Å²) in [6.07, 6.45) is 2.25. The van der Waals surface area contributed by atoms with Crippen molar-refractivity contribution < 1.29 is 0 Å². The highest BCUT2D eigenvalue weighted by Gasteiger charge is 2.31. The molecule has 0 aromatic heterocycles. The van der Waals surface area contributed by atoms with Crippen LogP contribution in [-0.2, 0) is 0 Å². The van der Waals surface area contributed by atoms with Gasteiger partial charge in [0.15, 0.2) is 0 Å². The van der Waals surface area contributed by atoms with Crippen molar-refractivity contribution in [1.82, 2.24) is 10.2 Å². The molecular weight excluding hydrogens is 210 g/mol. The zero-order valence-corrected chi connectivity index (χ0v) is 11.8. The summed E-state index contributed by atoms with van der Waals surface area (Å²) in [4.78, 5) is 2.51. The Bertz CT molecular complexity index is 262. The van der Waals surface area contributed by atoms with Gasteiger partial charge in [0.1, 0.15) is 0 Å². The van der Waals surface area contributed by atoms with Gasteiger partial charge < -0.3 is 10.2 Å². The molecule has 2 unspecified atom stereocenters. The van der Waals surface area contributed by atoms with Crippen molar-refractivity contribution in [1.29, 1.82) is 5.26 Å². The Labute approximate surface area is 106 Å². The minimum atomic E-state index is 0.0219. The molecule has 1 N–H and O–H groups in total. The summed E-state index contributed by atoms with van der Waals surface area (Å²) in [6, 6.07) is 2.35. The van der Waals surface area contributed by atoms with E-state index in [4.69, 9.17) is 5.26 Å². The molecule has 17 heavy (non-hydrogen) atoms. The SMILES string of the molecule is CCNC(C#N)CCN1CCC(C(C)(C)C)C1. The first-order chi connectivity index (χ1) is 7.97. The Morgan fingerprint density at radius 3 is 2.65 bits per heavy atom. The van der Waals surface area contributed by atoms with Gasteiger partial charge in [-0.25, -0.2) is 0 Å². The molecular formula is C14H27N3. The molecule has 98 valence electrons. The van der Waals surface area contributed by atoms with Crippen LogP contribution in [-0.4, -0.2) is 37.1 Å². The van der Waals surface area contributed by atoms with Crippen molar-refractivity contribution in [3.8, 4) is 6.07 Å². The highest BCUT2D eigenvalue weighted by molar-refractivity contribution is 4.91. The van der Waals surface area contributed by atoms with Gasteiger partial charge in [0.05, 0.1) is 12.1 Å². The predicted molar refractivity (Wildman–Crippen MR) is 71.7 cm³/mol. The van der Waals surface area contributed by atoms with Crippen LogP contribution in [0.1, 0.15) is 40.5 Å². The second-order valence-electron chi connectivity index (χ2n) is 6.18. The van der Waals surface area contributed by atoms with Crippen LogP contribution in [0.5, 0.6) is 0 Å². The highest BCUT2D eigenvalue weighted by atomic mass is 15.1. The van der Waals surface area contributed by atoms with E-state index < -0.39 is 0 Å². The van der Waals surface area contributed by atoms with Gasteiger partial charge in [-0.2, -0.15) is 5.26 Å². The van der Waals surface area contributed by atoms with E-state index >= 15 is 0 Å². The normalized spacial score (nSPS) is 23.6. The second kappa shape index (κ2) is 6.37. The Morgan fingerprint density at radius 2 is 2.18 bits per heavy atom. The summed E-state index contributed by atoms with van der Waals surface area (Å²) >= 11 is 0. The summed E-state index contributed by atoms with van der Waals surface area (Å²) in [5.41, 5.74) is 0.422. The summed E-state index contributed by atoms with van der Waals surface area (Å²) < 4.78 is 0. The van der Waals surface area contributed by atoms with Gasteiger partial charge in [-0.1, -0.05) is 27.7 Å². The lowest BCUT2D eigenvalue weighted by Gasteiger charge is -2.27. The zero-order valence-electron chi connectivity index (χ0n) is 11.8. The van der Waals surface area contributed by atoms with Crippen LogP contribution in [0.3, 0.4) is 0 Å². The molecule has 0 radical (unpaired) electrons. The van der Waals surface area contributed by atoms with Gasteiger partial charge in [-0.05, 0) is 37.3 Å². The first-order valence-corrected chi connectivity index (χ1v) is 6.82. The topological polar surface area (TPSA) is 39.1 Å².